The molecule has 0 bridgehead atoms. The molecule has 1 atom stereocenters. The van der Waals surface area contributed by atoms with Crippen LogP contribution in [0.4, 0.5) is 0 Å². The van der Waals surface area contributed by atoms with Gasteiger partial charge >= 0.3 is 0 Å². The van der Waals surface area contributed by atoms with Crippen molar-refractivity contribution in [2.45, 2.75) is 45.1 Å². The largest absolute Gasteiger partial charge is 0.379 e. The van der Waals surface area contributed by atoms with Crippen LogP contribution in [0.5, 0.6) is 0 Å². The van der Waals surface area contributed by atoms with Gasteiger partial charge in [0, 0.05) is 32.2 Å². The quantitative estimate of drug-likeness (QED) is 0.854. The van der Waals surface area contributed by atoms with Crippen molar-refractivity contribution in [3.05, 3.63) is 0 Å². The maximum atomic E-state index is 6.19. The average molecular weight is 295 g/mol. The molecule has 0 aromatic rings. The average Bonchev–Trinajstić information content (AvgIpc) is 2.99. The summed E-state index contributed by atoms with van der Waals surface area (Å²) in [5.74, 6) is 0.907. The highest BCUT2D eigenvalue weighted by atomic mass is 16.5. The third kappa shape index (κ3) is 3.79. The van der Waals surface area contributed by atoms with Gasteiger partial charge < -0.3 is 15.4 Å². The van der Waals surface area contributed by atoms with Gasteiger partial charge in [-0.15, -0.1) is 0 Å². The molecule has 0 spiro atoms. The SMILES string of the molecule is CC1CCC(CN)(CN2CCC(N3CCOCC3)C2)CC1. The van der Waals surface area contributed by atoms with Gasteiger partial charge in [-0.1, -0.05) is 19.8 Å². The Labute approximate surface area is 130 Å². The Bertz CT molecular complexity index is 322. The summed E-state index contributed by atoms with van der Waals surface area (Å²) in [4.78, 5) is 5.34. The summed E-state index contributed by atoms with van der Waals surface area (Å²) < 4.78 is 5.48. The summed E-state index contributed by atoms with van der Waals surface area (Å²) >= 11 is 0. The number of hydrogen-bond donors (Lipinski definition) is 1. The van der Waals surface area contributed by atoms with Crippen LogP contribution < -0.4 is 5.73 Å². The monoisotopic (exact) mass is 295 g/mol. The highest BCUT2D eigenvalue weighted by molar-refractivity contribution is 4.92. The van der Waals surface area contributed by atoms with E-state index in [0.717, 1.165) is 44.8 Å². The minimum atomic E-state index is 0.409. The topological polar surface area (TPSA) is 41.7 Å². The molecule has 2 saturated heterocycles. The second-order valence-electron chi connectivity index (χ2n) is 7.71. The number of nitrogens with zero attached hydrogens (tertiary/aromatic N) is 2. The Kier molecular flexibility index (Phi) is 5.20. The van der Waals surface area contributed by atoms with E-state index < -0.39 is 0 Å². The van der Waals surface area contributed by atoms with Gasteiger partial charge in [0.05, 0.1) is 13.2 Å². The highest BCUT2D eigenvalue weighted by Gasteiger charge is 2.37. The van der Waals surface area contributed by atoms with Crippen molar-refractivity contribution in [1.29, 1.82) is 0 Å². The number of ether oxygens (including phenoxy) is 1. The molecule has 21 heavy (non-hydrogen) atoms. The van der Waals surface area contributed by atoms with Gasteiger partial charge in [-0.2, -0.15) is 0 Å². The Morgan fingerprint density at radius 3 is 2.48 bits per heavy atom. The van der Waals surface area contributed by atoms with Crippen molar-refractivity contribution < 1.29 is 4.74 Å². The zero-order valence-electron chi connectivity index (χ0n) is 13.7. The van der Waals surface area contributed by atoms with Gasteiger partial charge in [0.15, 0.2) is 0 Å². The second kappa shape index (κ2) is 6.95. The Morgan fingerprint density at radius 1 is 1.10 bits per heavy atom. The third-order valence-corrected chi connectivity index (χ3v) is 6.14. The predicted molar refractivity (Wildman–Crippen MR) is 86.4 cm³/mol. The molecule has 2 heterocycles. The lowest BCUT2D eigenvalue weighted by Gasteiger charge is -2.41. The fourth-order valence-electron chi connectivity index (χ4n) is 4.47. The lowest BCUT2D eigenvalue weighted by atomic mass is 9.70. The molecule has 0 amide bonds. The zero-order chi connectivity index (χ0) is 14.7. The molecule has 0 aromatic heterocycles. The van der Waals surface area contributed by atoms with Crippen molar-refractivity contribution in [1.82, 2.24) is 9.80 Å². The summed E-state index contributed by atoms with van der Waals surface area (Å²) in [5, 5.41) is 0. The zero-order valence-corrected chi connectivity index (χ0v) is 13.7. The second-order valence-corrected chi connectivity index (χ2v) is 7.71. The molecular formula is C17H33N3O. The van der Waals surface area contributed by atoms with Gasteiger partial charge in [-0.25, -0.2) is 0 Å². The molecule has 2 N–H and O–H groups in total. The lowest BCUT2D eigenvalue weighted by Crippen LogP contribution is -2.47. The first-order valence-corrected chi connectivity index (χ1v) is 8.95. The van der Waals surface area contributed by atoms with Gasteiger partial charge in [0.2, 0.25) is 0 Å². The molecule has 1 aliphatic carbocycles. The van der Waals surface area contributed by atoms with Crippen LogP contribution in [0.3, 0.4) is 0 Å². The summed E-state index contributed by atoms with van der Waals surface area (Å²) in [5.41, 5.74) is 6.59. The standard InChI is InChI=1S/C17H33N3O/c1-15-2-5-17(13-18,6-3-15)14-19-7-4-16(12-19)20-8-10-21-11-9-20/h15-16H,2-14,18H2,1H3. The van der Waals surface area contributed by atoms with E-state index in [1.807, 2.05) is 0 Å². The highest BCUT2D eigenvalue weighted by Crippen LogP contribution is 2.39. The molecule has 1 unspecified atom stereocenters. The van der Waals surface area contributed by atoms with Crippen LogP contribution in [0, 0.1) is 11.3 Å². The minimum absolute atomic E-state index is 0.409. The van der Waals surface area contributed by atoms with Gasteiger partial charge in [-0.05, 0) is 43.7 Å². The van der Waals surface area contributed by atoms with Gasteiger partial charge in [-0.3, -0.25) is 4.90 Å². The van der Waals surface area contributed by atoms with Crippen molar-refractivity contribution in [3.8, 4) is 0 Å². The van der Waals surface area contributed by atoms with Gasteiger partial charge in [0.1, 0.15) is 0 Å². The van der Waals surface area contributed by atoms with E-state index in [9.17, 15) is 0 Å². The molecule has 0 radical (unpaired) electrons. The molecular weight excluding hydrogens is 262 g/mol. The van der Waals surface area contributed by atoms with Crippen molar-refractivity contribution in [2.75, 3.05) is 52.5 Å². The van der Waals surface area contributed by atoms with Crippen LogP contribution in [0.1, 0.15) is 39.0 Å². The summed E-state index contributed by atoms with van der Waals surface area (Å²) in [6.07, 6.45) is 6.75. The normalized spacial score (nSPS) is 39.7. The molecule has 4 nitrogen and oxygen atoms in total. The first-order valence-electron chi connectivity index (χ1n) is 8.95. The van der Waals surface area contributed by atoms with E-state index in [1.54, 1.807) is 0 Å². The first-order chi connectivity index (χ1) is 10.2. The molecule has 1 saturated carbocycles. The maximum Gasteiger partial charge on any atom is 0.0594 e. The summed E-state index contributed by atoms with van der Waals surface area (Å²) in [7, 11) is 0. The maximum absolute atomic E-state index is 6.19. The van der Waals surface area contributed by atoms with Crippen LogP contribution in [0.15, 0.2) is 0 Å². The van der Waals surface area contributed by atoms with Gasteiger partial charge in [0.25, 0.3) is 0 Å². The number of nitrogens with two attached hydrogens (primary N) is 1. The van der Waals surface area contributed by atoms with Crippen LogP contribution >= 0.6 is 0 Å². The van der Waals surface area contributed by atoms with E-state index in [4.69, 9.17) is 10.5 Å². The summed E-state index contributed by atoms with van der Waals surface area (Å²) in [6.45, 7) is 11.1. The van der Waals surface area contributed by atoms with E-state index in [2.05, 4.69) is 16.7 Å². The predicted octanol–water partition coefficient (Wildman–Crippen LogP) is 1.55. The number of likely N-dealkylation sites (tertiary alicyclic amines) is 1. The molecule has 2 aliphatic heterocycles. The third-order valence-electron chi connectivity index (χ3n) is 6.14. The number of morpholine rings is 1. The fourth-order valence-corrected chi connectivity index (χ4v) is 4.47. The van der Waals surface area contributed by atoms with Crippen LogP contribution in [0.2, 0.25) is 0 Å². The van der Waals surface area contributed by atoms with Crippen molar-refractivity contribution in [3.63, 3.8) is 0 Å². The molecule has 0 aromatic carbocycles. The Hall–Kier alpha value is -0.160. The molecule has 4 heteroatoms. The molecule has 122 valence electrons. The van der Waals surface area contributed by atoms with Crippen LogP contribution in [0.25, 0.3) is 0 Å². The van der Waals surface area contributed by atoms with Crippen LogP contribution in [-0.4, -0.2) is 68.3 Å². The smallest absolute Gasteiger partial charge is 0.0594 e. The van der Waals surface area contributed by atoms with Crippen molar-refractivity contribution >= 4 is 0 Å². The lowest BCUT2D eigenvalue weighted by molar-refractivity contribution is 0.0168. The first kappa shape index (κ1) is 15.7. The van der Waals surface area contributed by atoms with E-state index >= 15 is 0 Å². The van der Waals surface area contributed by atoms with Crippen LogP contribution in [-0.2, 0) is 4.74 Å². The van der Waals surface area contributed by atoms with E-state index in [1.165, 1.54) is 51.7 Å². The molecule has 3 rings (SSSR count). The molecule has 3 fully saturated rings. The minimum Gasteiger partial charge on any atom is -0.379 e. The van der Waals surface area contributed by atoms with E-state index in [0.29, 0.717) is 5.41 Å². The number of hydrogen-bond acceptors (Lipinski definition) is 4. The summed E-state index contributed by atoms with van der Waals surface area (Å²) in [6, 6.07) is 0.756. The fraction of sp³-hybridized carbons (Fsp3) is 1.00. The van der Waals surface area contributed by atoms with Crippen molar-refractivity contribution in [2.24, 2.45) is 17.1 Å². The Balaban J connectivity index is 1.51. The Morgan fingerprint density at radius 2 is 1.81 bits per heavy atom. The molecule has 3 aliphatic rings. The van der Waals surface area contributed by atoms with E-state index in [-0.39, 0.29) is 0 Å². The number of rotatable bonds is 4.